The number of nitrogens with two attached hydrogens (primary N) is 1. The predicted molar refractivity (Wildman–Crippen MR) is 85.9 cm³/mol. The smallest absolute Gasteiger partial charge is 0.257 e. The SMILES string of the molecule is Cc1c(C(=O)N2CCC(C)(CN)C2)cnn1-c1ccccc1F. The zero-order chi connectivity index (χ0) is 16.6. The van der Waals surface area contributed by atoms with Gasteiger partial charge in [0.1, 0.15) is 11.5 Å². The maximum Gasteiger partial charge on any atom is 0.257 e. The highest BCUT2D eigenvalue weighted by Gasteiger charge is 2.36. The molecule has 6 heteroatoms. The van der Waals surface area contributed by atoms with Crippen molar-refractivity contribution in [2.45, 2.75) is 20.3 Å². The third-order valence-corrected chi connectivity index (χ3v) is 4.66. The summed E-state index contributed by atoms with van der Waals surface area (Å²) < 4.78 is 15.4. The number of hydrogen-bond donors (Lipinski definition) is 1. The van der Waals surface area contributed by atoms with Gasteiger partial charge in [-0.1, -0.05) is 19.1 Å². The number of nitrogens with zero attached hydrogens (tertiary/aromatic N) is 3. The topological polar surface area (TPSA) is 64.2 Å². The van der Waals surface area contributed by atoms with Crippen molar-refractivity contribution in [3.05, 3.63) is 47.5 Å². The van der Waals surface area contributed by atoms with Crippen LogP contribution in [0.1, 0.15) is 29.4 Å². The summed E-state index contributed by atoms with van der Waals surface area (Å²) in [5.41, 5.74) is 7.27. The summed E-state index contributed by atoms with van der Waals surface area (Å²) in [5.74, 6) is -0.433. The molecule has 1 unspecified atom stereocenters. The second kappa shape index (κ2) is 5.77. The summed E-state index contributed by atoms with van der Waals surface area (Å²) in [4.78, 5) is 14.5. The largest absolute Gasteiger partial charge is 0.338 e. The molecule has 2 aromatic rings. The van der Waals surface area contributed by atoms with Crippen LogP contribution in [0.3, 0.4) is 0 Å². The number of para-hydroxylation sites is 1. The quantitative estimate of drug-likeness (QED) is 0.943. The molecule has 1 amide bonds. The fraction of sp³-hybridized carbons (Fsp3) is 0.412. The lowest BCUT2D eigenvalue weighted by Crippen LogP contribution is -2.34. The maximum absolute atomic E-state index is 13.9. The van der Waals surface area contributed by atoms with Crippen LogP contribution >= 0.6 is 0 Å². The number of hydrogen-bond acceptors (Lipinski definition) is 3. The summed E-state index contributed by atoms with van der Waals surface area (Å²) in [7, 11) is 0. The molecule has 1 atom stereocenters. The molecule has 2 heterocycles. The number of amides is 1. The van der Waals surface area contributed by atoms with E-state index < -0.39 is 0 Å². The molecule has 1 aliphatic heterocycles. The van der Waals surface area contributed by atoms with Gasteiger partial charge in [-0.15, -0.1) is 0 Å². The van der Waals surface area contributed by atoms with E-state index >= 15 is 0 Å². The van der Waals surface area contributed by atoms with Crippen molar-refractivity contribution in [1.29, 1.82) is 0 Å². The molecule has 2 N–H and O–H groups in total. The van der Waals surface area contributed by atoms with Gasteiger partial charge in [0.05, 0.1) is 17.5 Å². The minimum atomic E-state index is -0.366. The second-order valence-corrected chi connectivity index (χ2v) is 6.50. The number of aromatic nitrogens is 2. The summed E-state index contributed by atoms with van der Waals surface area (Å²) >= 11 is 0. The first-order valence-corrected chi connectivity index (χ1v) is 7.74. The Bertz CT molecular complexity index is 742. The van der Waals surface area contributed by atoms with Gasteiger partial charge in [-0.25, -0.2) is 9.07 Å². The van der Waals surface area contributed by atoms with Crippen LogP contribution in [0.5, 0.6) is 0 Å². The standard InChI is InChI=1S/C17H21FN4O/c1-12-13(16(23)21-8-7-17(2,10-19)11-21)9-20-22(12)15-6-4-3-5-14(15)18/h3-6,9H,7-8,10-11,19H2,1-2H3. The van der Waals surface area contributed by atoms with Crippen molar-refractivity contribution in [2.24, 2.45) is 11.1 Å². The minimum Gasteiger partial charge on any atom is -0.338 e. The first-order chi connectivity index (χ1) is 10.9. The van der Waals surface area contributed by atoms with E-state index in [0.717, 1.165) is 6.42 Å². The fourth-order valence-corrected chi connectivity index (χ4v) is 3.02. The Kier molecular flexibility index (Phi) is 3.93. The zero-order valence-corrected chi connectivity index (χ0v) is 13.4. The molecule has 1 fully saturated rings. The first-order valence-electron chi connectivity index (χ1n) is 7.74. The van der Waals surface area contributed by atoms with Crippen LogP contribution in [-0.2, 0) is 0 Å². The number of halogens is 1. The molecule has 0 saturated carbocycles. The Labute approximate surface area is 134 Å². The molecule has 1 aromatic heterocycles. The summed E-state index contributed by atoms with van der Waals surface area (Å²) in [6.07, 6.45) is 2.41. The van der Waals surface area contributed by atoms with E-state index in [9.17, 15) is 9.18 Å². The predicted octanol–water partition coefficient (Wildman–Crippen LogP) is 2.13. The van der Waals surface area contributed by atoms with Gasteiger partial charge in [0.2, 0.25) is 0 Å². The van der Waals surface area contributed by atoms with Crippen LogP contribution in [0, 0.1) is 18.2 Å². The summed E-state index contributed by atoms with van der Waals surface area (Å²) in [6, 6.07) is 6.39. The van der Waals surface area contributed by atoms with Crippen molar-refractivity contribution >= 4 is 5.91 Å². The summed E-state index contributed by atoms with van der Waals surface area (Å²) in [6.45, 7) is 5.77. The number of carbonyl (C=O) groups is 1. The fourth-order valence-electron chi connectivity index (χ4n) is 3.02. The van der Waals surface area contributed by atoms with Crippen LogP contribution < -0.4 is 5.73 Å². The van der Waals surface area contributed by atoms with Crippen LogP contribution in [-0.4, -0.2) is 40.2 Å². The van der Waals surface area contributed by atoms with Gasteiger partial charge < -0.3 is 10.6 Å². The van der Waals surface area contributed by atoms with Crippen LogP contribution in [0.15, 0.2) is 30.5 Å². The lowest BCUT2D eigenvalue weighted by Gasteiger charge is -2.22. The van der Waals surface area contributed by atoms with E-state index in [-0.39, 0.29) is 17.1 Å². The Morgan fingerprint density at radius 2 is 2.17 bits per heavy atom. The molecule has 5 nitrogen and oxygen atoms in total. The highest BCUT2D eigenvalue weighted by Crippen LogP contribution is 2.30. The first kappa shape index (κ1) is 15.7. The average Bonchev–Trinajstić information content (AvgIpc) is 3.12. The third kappa shape index (κ3) is 2.74. The number of rotatable bonds is 3. The van der Waals surface area contributed by atoms with Crippen molar-refractivity contribution < 1.29 is 9.18 Å². The molecule has 0 aliphatic carbocycles. The number of benzene rings is 1. The highest BCUT2D eigenvalue weighted by molar-refractivity contribution is 5.95. The molecule has 0 bridgehead atoms. The molecule has 0 radical (unpaired) electrons. The van der Waals surface area contributed by atoms with E-state index in [1.54, 1.807) is 25.1 Å². The van der Waals surface area contributed by atoms with E-state index in [4.69, 9.17) is 5.73 Å². The van der Waals surface area contributed by atoms with E-state index in [0.29, 0.717) is 36.6 Å². The molecular weight excluding hydrogens is 295 g/mol. The molecular formula is C17H21FN4O. The maximum atomic E-state index is 13.9. The zero-order valence-electron chi connectivity index (χ0n) is 13.4. The number of likely N-dealkylation sites (tertiary alicyclic amines) is 1. The van der Waals surface area contributed by atoms with Crippen LogP contribution in [0.25, 0.3) is 5.69 Å². The van der Waals surface area contributed by atoms with E-state index in [1.807, 2.05) is 4.90 Å². The Balaban J connectivity index is 1.88. The Hall–Kier alpha value is -2.21. The van der Waals surface area contributed by atoms with E-state index in [1.165, 1.54) is 16.9 Å². The summed E-state index contributed by atoms with van der Waals surface area (Å²) in [5, 5.41) is 4.20. The minimum absolute atomic E-state index is 0.0227. The van der Waals surface area contributed by atoms with Gasteiger partial charge in [-0.05, 0) is 37.4 Å². The molecule has 1 aromatic carbocycles. The normalized spacial score (nSPS) is 21.0. The molecule has 1 saturated heterocycles. The average molecular weight is 316 g/mol. The van der Waals surface area contributed by atoms with Gasteiger partial charge >= 0.3 is 0 Å². The van der Waals surface area contributed by atoms with Crippen molar-refractivity contribution in [2.75, 3.05) is 19.6 Å². The Morgan fingerprint density at radius 1 is 1.43 bits per heavy atom. The molecule has 1 aliphatic rings. The molecule has 23 heavy (non-hydrogen) atoms. The molecule has 122 valence electrons. The van der Waals surface area contributed by atoms with Gasteiger partial charge in [-0.2, -0.15) is 5.10 Å². The van der Waals surface area contributed by atoms with Crippen molar-refractivity contribution in [3.8, 4) is 5.69 Å². The monoisotopic (exact) mass is 316 g/mol. The lowest BCUT2D eigenvalue weighted by atomic mass is 9.90. The number of carbonyl (C=O) groups excluding carboxylic acids is 1. The van der Waals surface area contributed by atoms with Gasteiger partial charge in [0, 0.05) is 13.1 Å². The third-order valence-electron chi connectivity index (χ3n) is 4.66. The van der Waals surface area contributed by atoms with E-state index in [2.05, 4.69) is 12.0 Å². The van der Waals surface area contributed by atoms with Gasteiger partial charge in [-0.3, -0.25) is 4.79 Å². The van der Waals surface area contributed by atoms with Crippen molar-refractivity contribution in [3.63, 3.8) is 0 Å². The van der Waals surface area contributed by atoms with Gasteiger partial charge in [0.25, 0.3) is 5.91 Å². The van der Waals surface area contributed by atoms with Gasteiger partial charge in [0.15, 0.2) is 0 Å². The van der Waals surface area contributed by atoms with Crippen molar-refractivity contribution in [1.82, 2.24) is 14.7 Å². The van der Waals surface area contributed by atoms with Crippen LogP contribution in [0.4, 0.5) is 4.39 Å². The lowest BCUT2D eigenvalue weighted by molar-refractivity contribution is 0.0776. The molecule has 3 rings (SSSR count). The highest BCUT2D eigenvalue weighted by atomic mass is 19.1. The second-order valence-electron chi connectivity index (χ2n) is 6.50. The molecule has 0 spiro atoms. The van der Waals surface area contributed by atoms with Crippen LogP contribution in [0.2, 0.25) is 0 Å². The Morgan fingerprint density at radius 3 is 2.83 bits per heavy atom.